The van der Waals surface area contributed by atoms with Crippen molar-refractivity contribution in [2.45, 2.75) is 6.10 Å². The number of nitro groups is 1. The molecule has 7 nitrogen and oxygen atoms in total. The third kappa shape index (κ3) is 4.81. The summed E-state index contributed by atoms with van der Waals surface area (Å²) in [7, 11) is 0. The molecule has 0 fully saturated rings. The van der Waals surface area contributed by atoms with E-state index in [0.717, 1.165) is 6.07 Å². The molecule has 0 radical (unpaired) electrons. The number of carbonyl (C=O) groups excluding carboxylic acids is 2. The van der Waals surface area contributed by atoms with Crippen LogP contribution in [0.15, 0.2) is 72.8 Å². The van der Waals surface area contributed by atoms with E-state index in [1.807, 2.05) is 0 Å². The van der Waals surface area contributed by atoms with Gasteiger partial charge in [0.2, 0.25) is 6.10 Å². The molecule has 0 aliphatic carbocycles. The summed E-state index contributed by atoms with van der Waals surface area (Å²) in [6.07, 6.45) is -0.741. The van der Waals surface area contributed by atoms with Crippen LogP contribution in [-0.2, 0) is 4.79 Å². The Hall–Kier alpha value is -4.07. The Balaban J connectivity index is 1.94. The molecule has 0 spiro atoms. The van der Waals surface area contributed by atoms with Crippen LogP contribution in [-0.4, -0.2) is 17.1 Å². The van der Waals surface area contributed by atoms with Gasteiger partial charge in [-0.2, -0.15) is 0 Å². The number of anilines is 1. The topological polar surface area (TPSA) is 98.5 Å². The molecule has 0 saturated heterocycles. The molecule has 0 heterocycles. The summed E-state index contributed by atoms with van der Waals surface area (Å²) >= 11 is 0. The number of nitro benzene ring substituents is 1. The fraction of sp³-hybridized carbons (Fsp3) is 0.0476. The highest BCUT2D eigenvalue weighted by molar-refractivity contribution is 5.95. The van der Waals surface area contributed by atoms with Crippen LogP contribution in [0.3, 0.4) is 0 Å². The molecule has 0 aromatic heterocycles. The van der Waals surface area contributed by atoms with Crippen LogP contribution in [0.1, 0.15) is 22.0 Å². The second kappa shape index (κ2) is 8.75. The van der Waals surface area contributed by atoms with Gasteiger partial charge in [-0.3, -0.25) is 19.7 Å². The van der Waals surface area contributed by atoms with Crippen molar-refractivity contribution in [3.05, 3.63) is 99.9 Å². The Morgan fingerprint density at radius 3 is 2.38 bits per heavy atom. The molecule has 29 heavy (non-hydrogen) atoms. The van der Waals surface area contributed by atoms with Gasteiger partial charge in [0.25, 0.3) is 5.91 Å². The first-order valence-electron chi connectivity index (χ1n) is 8.49. The second-order valence-corrected chi connectivity index (χ2v) is 6.01. The van der Waals surface area contributed by atoms with Crippen molar-refractivity contribution in [1.29, 1.82) is 0 Å². The molecule has 0 unspecified atom stereocenters. The molecule has 0 bridgehead atoms. The smallest absolute Gasteiger partial charge is 0.311 e. The van der Waals surface area contributed by atoms with Gasteiger partial charge in [-0.1, -0.05) is 30.3 Å². The average molecular weight is 394 g/mol. The van der Waals surface area contributed by atoms with Crippen LogP contribution in [0.5, 0.6) is 5.75 Å². The summed E-state index contributed by atoms with van der Waals surface area (Å²) in [5.41, 5.74) is 0.466. The summed E-state index contributed by atoms with van der Waals surface area (Å²) in [6, 6.07) is 17.3. The highest BCUT2D eigenvalue weighted by atomic mass is 19.1. The summed E-state index contributed by atoms with van der Waals surface area (Å²) in [6.45, 7) is 0. The van der Waals surface area contributed by atoms with E-state index in [1.54, 1.807) is 30.3 Å². The minimum Gasteiger partial charge on any atom is -0.469 e. The van der Waals surface area contributed by atoms with Gasteiger partial charge < -0.3 is 10.1 Å². The Bertz CT molecular complexity index is 1040. The van der Waals surface area contributed by atoms with E-state index in [0.29, 0.717) is 17.5 Å². The van der Waals surface area contributed by atoms with Gasteiger partial charge in [0.05, 0.1) is 4.92 Å². The second-order valence-electron chi connectivity index (χ2n) is 6.01. The molecule has 146 valence electrons. The van der Waals surface area contributed by atoms with Crippen molar-refractivity contribution in [1.82, 2.24) is 0 Å². The minimum absolute atomic E-state index is 0.107. The lowest BCUT2D eigenvalue weighted by molar-refractivity contribution is -0.386. The van der Waals surface area contributed by atoms with Gasteiger partial charge >= 0.3 is 5.69 Å². The fourth-order valence-corrected chi connectivity index (χ4v) is 2.62. The Morgan fingerprint density at radius 1 is 1.07 bits per heavy atom. The van der Waals surface area contributed by atoms with Crippen LogP contribution in [0.4, 0.5) is 15.8 Å². The van der Waals surface area contributed by atoms with E-state index in [4.69, 9.17) is 4.74 Å². The molecule has 0 saturated carbocycles. The van der Waals surface area contributed by atoms with E-state index in [-0.39, 0.29) is 11.3 Å². The lowest BCUT2D eigenvalue weighted by atomic mass is 10.1. The van der Waals surface area contributed by atoms with Gasteiger partial charge in [0.1, 0.15) is 12.1 Å². The highest BCUT2D eigenvalue weighted by Gasteiger charge is 2.27. The molecule has 0 aliphatic heterocycles. The Morgan fingerprint density at radius 2 is 1.76 bits per heavy atom. The van der Waals surface area contributed by atoms with Gasteiger partial charge in [0, 0.05) is 22.9 Å². The first kappa shape index (κ1) is 19.7. The van der Waals surface area contributed by atoms with Crippen LogP contribution in [0.25, 0.3) is 0 Å². The number of amides is 1. The zero-order valence-electron chi connectivity index (χ0n) is 14.9. The number of rotatable bonds is 7. The molecule has 8 heteroatoms. The molecular weight excluding hydrogens is 379 g/mol. The number of halogens is 1. The van der Waals surface area contributed by atoms with Gasteiger partial charge in [-0.15, -0.1) is 0 Å². The normalized spacial score (nSPS) is 11.3. The molecule has 3 aromatic rings. The lowest BCUT2D eigenvalue weighted by Crippen LogP contribution is -2.26. The largest absolute Gasteiger partial charge is 0.469 e. The zero-order valence-corrected chi connectivity index (χ0v) is 14.9. The number of hydrogen-bond acceptors (Lipinski definition) is 5. The van der Waals surface area contributed by atoms with Crippen molar-refractivity contribution in [2.75, 3.05) is 5.32 Å². The maximum atomic E-state index is 13.1. The molecular formula is C21H15FN2O5. The first-order valence-corrected chi connectivity index (χ1v) is 8.49. The van der Waals surface area contributed by atoms with Crippen molar-refractivity contribution < 1.29 is 23.6 Å². The van der Waals surface area contributed by atoms with Crippen LogP contribution in [0.2, 0.25) is 0 Å². The number of ether oxygens (including phenoxy) is 1. The molecule has 1 amide bonds. The molecule has 3 aromatic carbocycles. The van der Waals surface area contributed by atoms with E-state index in [2.05, 4.69) is 5.32 Å². The van der Waals surface area contributed by atoms with Crippen LogP contribution < -0.4 is 10.1 Å². The maximum absolute atomic E-state index is 13.1. The third-order valence-electron chi connectivity index (χ3n) is 4.01. The molecule has 0 aliphatic rings. The van der Waals surface area contributed by atoms with Gasteiger partial charge in [-0.05, 0) is 36.4 Å². The first-order chi connectivity index (χ1) is 14.0. The third-order valence-corrected chi connectivity index (χ3v) is 4.01. The Labute approximate surface area is 164 Å². The number of hydrogen-bond donors (Lipinski definition) is 1. The van der Waals surface area contributed by atoms with Crippen LogP contribution >= 0.6 is 0 Å². The Kier molecular flexibility index (Phi) is 5.94. The minimum atomic E-state index is -1.22. The standard InChI is InChI=1S/C21H15FN2O5/c22-16-7-9-17(10-8-16)23-21(26)20(15-4-2-1-3-5-15)29-19-11-6-14(13-25)12-18(19)24(27)28/h1-13,20H,(H,23,26)/t20-/m0/s1. The highest BCUT2D eigenvalue weighted by Crippen LogP contribution is 2.32. The molecule has 1 atom stereocenters. The summed E-state index contributed by atoms with van der Waals surface area (Å²) in [4.78, 5) is 34.5. The van der Waals surface area contributed by atoms with Crippen molar-refractivity contribution in [3.63, 3.8) is 0 Å². The zero-order chi connectivity index (χ0) is 20.8. The maximum Gasteiger partial charge on any atom is 0.311 e. The van der Waals surface area contributed by atoms with E-state index in [9.17, 15) is 24.1 Å². The summed E-state index contributed by atoms with van der Waals surface area (Å²) in [5.74, 6) is -1.22. The van der Waals surface area contributed by atoms with Gasteiger partial charge in [0.15, 0.2) is 5.75 Å². The van der Waals surface area contributed by atoms with E-state index < -0.39 is 28.4 Å². The van der Waals surface area contributed by atoms with Crippen molar-refractivity contribution in [2.24, 2.45) is 0 Å². The summed E-state index contributed by atoms with van der Waals surface area (Å²) < 4.78 is 18.8. The van der Waals surface area contributed by atoms with E-state index >= 15 is 0 Å². The molecule has 3 rings (SSSR count). The fourth-order valence-electron chi connectivity index (χ4n) is 2.62. The number of carbonyl (C=O) groups is 2. The van der Waals surface area contributed by atoms with Gasteiger partial charge in [-0.25, -0.2) is 4.39 Å². The predicted octanol–water partition coefficient (Wildman–Crippen LogP) is 4.31. The SMILES string of the molecule is O=Cc1ccc(O[C@H](C(=O)Nc2ccc(F)cc2)c2ccccc2)c([N+](=O)[O-])c1. The van der Waals surface area contributed by atoms with Crippen molar-refractivity contribution >= 4 is 23.6 Å². The average Bonchev–Trinajstić information content (AvgIpc) is 2.74. The van der Waals surface area contributed by atoms with Crippen molar-refractivity contribution in [3.8, 4) is 5.75 Å². The quantitative estimate of drug-likeness (QED) is 0.366. The lowest BCUT2D eigenvalue weighted by Gasteiger charge is -2.19. The number of benzene rings is 3. The number of aldehydes is 1. The van der Waals surface area contributed by atoms with Crippen LogP contribution in [0, 0.1) is 15.9 Å². The van der Waals surface area contributed by atoms with E-state index in [1.165, 1.54) is 36.4 Å². The monoisotopic (exact) mass is 394 g/mol. The molecule has 1 N–H and O–H groups in total. The summed E-state index contributed by atoms with van der Waals surface area (Å²) in [5, 5.41) is 14.0. The predicted molar refractivity (Wildman–Crippen MR) is 103 cm³/mol. The number of nitrogens with one attached hydrogen (secondary N) is 1. The number of nitrogens with zero attached hydrogens (tertiary/aromatic N) is 1.